The topological polar surface area (TPSA) is 62.5 Å². The third kappa shape index (κ3) is 5.23. The van der Waals surface area contributed by atoms with Crippen molar-refractivity contribution in [3.63, 3.8) is 0 Å². The monoisotopic (exact) mass is 376 g/mol. The lowest BCUT2D eigenvalue weighted by Crippen LogP contribution is -2.34. The second-order valence-electron chi connectivity index (χ2n) is 6.48. The Labute approximate surface area is 157 Å². The molecule has 2 N–H and O–H groups in total. The predicted molar refractivity (Wildman–Crippen MR) is 105 cm³/mol. The highest BCUT2D eigenvalue weighted by atomic mass is 35.5. The summed E-state index contributed by atoms with van der Waals surface area (Å²) in [5.41, 5.74) is 6.53. The van der Waals surface area contributed by atoms with Gasteiger partial charge in [0.15, 0.2) is 0 Å². The van der Waals surface area contributed by atoms with E-state index in [1.807, 2.05) is 17.0 Å². The number of amides is 1. The number of rotatable bonds is 6. The molecule has 1 amide bonds. The fourth-order valence-electron chi connectivity index (χ4n) is 2.95. The molecule has 1 atom stereocenters. The van der Waals surface area contributed by atoms with Gasteiger partial charge in [-0.15, -0.1) is 24.8 Å². The van der Waals surface area contributed by atoms with E-state index in [4.69, 9.17) is 5.73 Å². The summed E-state index contributed by atoms with van der Waals surface area (Å²) in [6, 6.07) is 3.84. The Hall–Kier alpha value is -1.04. The number of nitrogens with zero attached hydrogens (tertiary/aromatic N) is 3. The third-order valence-corrected chi connectivity index (χ3v) is 4.53. The maximum atomic E-state index is 12.6. The van der Waals surface area contributed by atoms with Crippen LogP contribution >= 0.6 is 24.8 Å². The van der Waals surface area contributed by atoms with Gasteiger partial charge < -0.3 is 15.5 Å². The van der Waals surface area contributed by atoms with Gasteiger partial charge in [0.1, 0.15) is 5.82 Å². The SMILES string of the molecule is CCCN(CC)c1ccc(C(=O)N2CCC(C)(CN)C2)cn1.Cl.Cl. The summed E-state index contributed by atoms with van der Waals surface area (Å²) in [6.07, 6.45) is 3.76. The van der Waals surface area contributed by atoms with Gasteiger partial charge in [-0.3, -0.25) is 4.79 Å². The molecule has 1 aliphatic rings. The molecule has 7 heteroatoms. The highest BCUT2D eigenvalue weighted by molar-refractivity contribution is 5.94. The van der Waals surface area contributed by atoms with Crippen LogP contribution in [0.25, 0.3) is 0 Å². The van der Waals surface area contributed by atoms with E-state index >= 15 is 0 Å². The summed E-state index contributed by atoms with van der Waals surface area (Å²) in [5, 5.41) is 0. The molecule has 2 heterocycles. The Balaban J connectivity index is 0.00000264. The Morgan fingerprint density at radius 2 is 2.08 bits per heavy atom. The second-order valence-corrected chi connectivity index (χ2v) is 6.48. The Kier molecular flexibility index (Phi) is 9.63. The minimum Gasteiger partial charge on any atom is -0.357 e. The molecule has 0 bridgehead atoms. The summed E-state index contributed by atoms with van der Waals surface area (Å²) < 4.78 is 0. The van der Waals surface area contributed by atoms with Crippen LogP contribution in [0, 0.1) is 5.41 Å². The number of hydrogen-bond donors (Lipinski definition) is 1. The van der Waals surface area contributed by atoms with Gasteiger partial charge in [0, 0.05) is 32.4 Å². The fourth-order valence-corrected chi connectivity index (χ4v) is 2.95. The second kappa shape index (κ2) is 10.1. The number of carbonyl (C=O) groups is 1. The van der Waals surface area contributed by atoms with E-state index in [-0.39, 0.29) is 36.1 Å². The number of hydrogen-bond acceptors (Lipinski definition) is 4. The number of halogens is 2. The number of nitrogens with two attached hydrogens (primary N) is 1. The van der Waals surface area contributed by atoms with Crippen molar-refractivity contribution in [3.05, 3.63) is 23.9 Å². The van der Waals surface area contributed by atoms with E-state index in [0.29, 0.717) is 12.1 Å². The summed E-state index contributed by atoms with van der Waals surface area (Å²) in [5.74, 6) is 1.00. The Morgan fingerprint density at radius 3 is 2.54 bits per heavy atom. The predicted octanol–water partition coefficient (Wildman–Crippen LogP) is 2.97. The number of likely N-dealkylation sites (tertiary alicyclic amines) is 1. The van der Waals surface area contributed by atoms with E-state index in [1.54, 1.807) is 6.20 Å². The highest BCUT2D eigenvalue weighted by Gasteiger charge is 2.35. The number of pyridine rings is 1. The molecule has 1 aromatic rings. The zero-order valence-corrected chi connectivity index (χ0v) is 16.5. The third-order valence-electron chi connectivity index (χ3n) is 4.53. The van der Waals surface area contributed by atoms with Gasteiger partial charge in [-0.25, -0.2) is 4.98 Å². The quantitative estimate of drug-likeness (QED) is 0.828. The van der Waals surface area contributed by atoms with Gasteiger partial charge in [0.25, 0.3) is 5.91 Å². The Morgan fingerprint density at radius 1 is 1.38 bits per heavy atom. The lowest BCUT2D eigenvalue weighted by atomic mass is 9.90. The minimum atomic E-state index is 0. The lowest BCUT2D eigenvalue weighted by molar-refractivity contribution is 0.0776. The van der Waals surface area contributed by atoms with E-state index in [9.17, 15) is 4.79 Å². The van der Waals surface area contributed by atoms with Crippen molar-refractivity contribution in [3.8, 4) is 0 Å². The minimum absolute atomic E-state index is 0. The zero-order valence-electron chi connectivity index (χ0n) is 14.8. The molecule has 0 spiro atoms. The van der Waals surface area contributed by atoms with Gasteiger partial charge >= 0.3 is 0 Å². The normalized spacial score (nSPS) is 19.4. The van der Waals surface area contributed by atoms with Crippen LogP contribution in [0.2, 0.25) is 0 Å². The van der Waals surface area contributed by atoms with Crippen molar-refractivity contribution in [1.29, 1.82) is 0 Å². The van der Waals surface area contributed by atoms with Crippen LogP contribution in [0.4, 0.5) is 5.82 Å². The molecule has 1 aromatic heterocycles. The van der Waals surface area contributed by atoms with Crippen LogP contribution in [0.3, 0.4) is 0 Å². The molecule has 1 fully saturated rings. The maximum Gasteiger partial charge on any atom is 0.255 e. The van der Waals surface area contributed by atoms with Crippen LogP contribution in [0.15, 0.2) is 18.3 Å². The van der Waals surface area contributed by atoms with Crippen molar-refractivity contribution in [2.75, 3.05) is 37.6 Å². The average molecular weight is 377 g/mol. The molecule has 0 aliphatic carbocycles. The van der Waals surface area contributed by atoms with Crippen LogP contribution in [0.5, 0.6) is 0 Å². The smallest absolute Gasteiger partial charge is 0.255 e. The largest absolute Gasteiger partial charge is 0.357 e. The van der Waals surface area contributed by atoms with E-state index < -0.39 is 0 Å². The van der Waals surface area contributed by atoms with E-state index in [1.165, 1.54) is 0 Å². The standard InChI is InChI=1S/C17H28N4O.2ClH/c1-4-9-20(5-2)15-7-6-14(11-19-15)16(22)21-10-8-17(3,12-18)13-21;;/h6-7,11H,4-5,8-10,12-13,18H2,1-3H3;2*1H. The van der Waals surface area contributed by atoms with Crippen molar-refractivity contribution in [2.24, 2.45) is 11.1 Å². The van der Waals surface area contributed by atoms with Crippen molar-refractivity contribution in [1.82, 2.24) is 9.88 Å². The first kappa shape index (κ1) is 23.0. The fraction of sp³-hybridized carbons (Fsp3) is 0.647. The van der Waals surface area contributed by atoms with Gasteiger partial charge in [-0.2, -0.15) is 0 Å². The molecule has 0 aromatic carbocycles. The number of anilines is 1. The maximum absolute atomic E-state index is 12.6. The lowest BCUT2D eigenvalue weighted by Gasteiger charge is -2.23. The van der Waals surface area contributed by atoms with E-state index in [2.05, 4.69) is 30.7 Å². The first-order valence-corrected chi connectivity index (χ1v) is 8.23. The van der Waals surface area contributed by atoms with Crippen molar-refractivity contribution < 1.29 is 4.79 Å². The van der Waals surface area contributed by atoms with Gasteiger partial charge in [-0.1, -0.05) is 13.8 Å². The van der Waals surface area contributed by atoms with Crippen molar-refractivity contribution in [2.45, 2.75) is 33.6 Å². The summed E-state index contributed by atoms with van der Waals surface area (Å²) in [4.78, 5) is 21.1. The molecular weight excluding hydrogens is 347 g/mol. The van der Waals surface area contributed by atoms with Gasteiger partial charge in [0.05, 0.1) is 5.56 Å². The molecule has 0 radical (unpaired) electrons. The number of carbonyl (C=O) groups excluding carboxylic acids is 1. The first-order chi connectivity index (χ1) is 10.5. The highest BCUT2D eigenvalue weighted by Crippen LogP contribution is 2.29. The van der Waals surface area contributed by atoms with E-state index in [0.717, 1.165) is 44.8 Å². The Bertz CT molecular complexity index is 512. The van der Waals surface area contributed by atoms with Crippen LogP contribution in [-0.4, -0.2) is 48.5 Å². The van der Waals surface area contributed by atoms with Crippen LogP contribution < -0.4 is 10.6 Å². The van der Waals surface area contributed by atoms with Gasteiger partial charge in [-0.05, 0) is 43.9 Å². The number of aromatic nitrogens is 1. The molecule has 24 heavy (non-hydrogen) atoms. The van der Waals surface area contributed by atoms with Crippen LogP contribution in [-0.2, 0) is 0 Å². The molecule has 1 saturated heterocycles. The molecule has 138 valence electrons. The molecule has 2 rings (SSSR count). The molecule has 5 nitrogen and oxygen atoms in total. The molecule has 1 unspecified atom stereocenters. The molecule has 0 saturated carbocycles. The first-order valence-electron chi connectivity index (χ1n) is 8.23. The summed E-state index contributed by atoms with van der Waals surface area (Å²) in [7, 11) is 0. The van der Waals surface area contributed by atoms with Crippen LogP contribution in [0.1, 0.15) is 44.0 Å². The molecule has 1 aliphatic heterocycles. The average Bonchev–Trinajstić information content (AvgIpc) is 2.95. The van der Waals surface area contributed by atoms with Gasteiger partial charge in [0.2, 0.25) is 0 Å². The zero-order chi connectivity index (χ0) is 16.2. The summed E-state index contributed by atoms with van der Waals surface area (Å²) in [6.45, 7) is 10.5. The summed E-state index contributed by atoms with van der Waals surface area (Å²) >= 11 is 0. The molecular formula is C17H30Cl2N4O. The van der Waals surface area contributed by atoms with Crippen molar-refractivity contribution >= 4 is 36.5 Å².